The average molecular weight is 225 g/mol. The van der Waals surface area contributed by atoms with Gasteiger partial charge in [0.05, 0.1) is 5.71 Å². The van der Waals surface area contributed by atoms with E-state index in [-0.39, 0.29) is 6.42 Å². The summed E-state index contributed by atoms with van der Waals surface area (Å²) >= 11 is 0. The third kappa shape index (κ3) is 4.47. The lowest BCUT2D eigenvalue weighted by molar-refractivity contribution is -0.137. The predicted octanol–water partition coefficient (Wildman–Crippen LogP) is 2.74. The van der Waals surface area contributed by atoms with Crippen molar-refractivity contribution in [2.75, 3.05) is 7.11 Å². The Labute approximate surface area is 96.0 Å². The van der Waals surface area contributed by atoms with Crippen LogP contribution >= 0.6 is 0 Å². The van der Waals surface area contributed by atoms with Gasteiger partial charge in [0.2, 0.25) is 0 Å². The van der Waals surface area contributed by atoms with Crippen LogP contribution in [0.1, 0.15) is 44.9 Å². The van der Waals surface area contributed by atoms with Crippen LogP contribution in [0.3, 0.4) is 0 Å². The normalized spacial score (nSPS) is 17.6. The van der Waals surface area contributed by atoms with E-state index in [9.17, 15) is 4.79 Å². The van der Waals surface area contributed by atoms with Crippen molar-refractivity contribution < 1.29 is 14.7 Å². The second-order valence-electron chi connectivity index (χ2n) is 3.94. The molecule has 0 aromatic rings. The monoisotopic (exact) mass is 225 g/mol. The minimum Gasteiger partial charge on any atom is -0.481 e. The first-order chi connectivity index (χ1) is 7.74. The summed E-state index contributed by atoms with van der Waals surface area (Å²) in [5, 5.41) is 12.5. The molecule has 0 amide bonds. The van der Waals surface area contributed by atoms with Gasteiger partial charge in [0.15, 0.2) is 0 Å². The van der Waals surface area contributed by atoms with E-state index in [2.05, 4.69) is 11.2 Å². The summed E-state index contributed by atoms with van der Waals surface area (Å²) < 4.78 is 0. The highest BCUT2D eigenvalue weighted by Crippen LogP contribution is 2.21. The summed E-state index contributed by atoms with van der Waals surface area (Å²) in [7, 11) is 1.57. The molecule has 4 heteroatoms. The molecular formula is C12H19NO3. The van der Waals surface area contributed by atoms with E-state index in [4.69, 9.17) is 9.94 Å². The number of rotatable bonds is 7. The topological polar surface area (TPSA) is 58.9 Å². The van der Waals surface area contributed by atoms with Crippen molar-refractivity contribution in [3.05, 3.63) is 11.6 Å². The molecule has 1 N–H and O–H groups in total. The number of hydrogen-bond acceptors (Lipinski definition) is 3. The van der Waals surface area contributed by atoms with Crippen LogP contribution in [0.15, 0.2) is 16.8 Å². The van der Waals surface area contributed by atoms with Crippen LogP contribution in [0.2, 0.25) is 0 Å². The molecule has 1 aliphatic carbocycles. The fourth-order valence-electron chi connectivity index (χ4n) is 1.89. The van der Waals surface area contributed by atoms with E-state index in [1.54, 1.807) is 7.11 Å². The standard InChI is InChI=1S/C12H19NO3/c1-16-13-11-8-5-7-10(11)6-3-2-4-9-12(14)15/h7H,2-6,8-9H2,1H3,(H,14,15)/b13-11-. The number of allylic oxidation sites excluding steroid dienone is 2. The van der Waals surface area contributed by atoms with Crippen molar-refractivity contribution in [3.63, 3.8) is 0 Å². The highest BCUT2D eigenvalue weighted by atomic mass is 16.6. The summed E-state index contributed by atoms with van der Waals surface area (Å²) in [6, 6.07) is 0. The van der Waals surface area contributed by atoms with Crippen molar-refractivity contribution in [2.45, 2.75) is 44.9 Å². The van der Waals surface area contributed by atoms with Crippen LogP contribution in [0, 0.1) is 0 Å². The van der Waals surface area contributed by atoms with Crippen molar-refractivity contribution in [3.8, 4) is 0 Å². The summed E-state index contributed by atoms with van der Waals surface area (Å²) in [6.45, 7) is 0. The number of carboxylic acid groups (broad SMARTS) is 1. The van der Waals surface area contributed by atoms with Crippen LogP contribution in [0.4, 0.5) is 0 Å². The molecule has 0 radical (unpaired) electrons. The van der Waals surface area contributed by atoms with Gasteiger partial charge in [-0.05, 0) is 37.7 Å². The Hall–Kier alpha value is -1.32. The van der Waals surface area contributed by atoms with E-state index in [0.717, 1.165) is 44.2 Å². The number of hydrogen-bond donors (Lipinski definition) is 1. The number of aliphatic carboxylic acids is 1. The summed E-state index contributed by atoms with van der Waals surface area (Å²) in [6.07, 6.45) is 8.24. The largest absolute Gasteiger partial charge is 0.481 e. The molecule has 4 nitrogen and oxygen atoms in total. The third-order valence-electron chi connectivity index (χ3n) is 2.68. The SMILES string of the molecule is CO/N=C1/CCC=C1CCCCCC(=O)O. The molecule has 1 aliphatic rings. The Morgan fingerprint density at radius 3 is 3.00 bits per heavy atom. The molecule has 0 heterocycles. The van der Waals surface area contributed by atoms with E-state index < -0.39 is 5.97 Å². The fraction of sp³-hybridized carbons (Fsp3) is 0.667. The molecule has 16 heavy (non-hydrogen) atoms. The number of oxime groups is 1. The smallest absolute Gasteiger partial charge is 0.303 e. The fourth-order valence-corrected chi connectivity index (χ4v) is 1.89. The number of carboxylic acids is 1. The predicted molar refractivity (Wildman–Crippen MR) is 62.5 cm³/mol. The van der Waals surface area contributed by atoms with Gasteiger partial charge in [0, 0.05) is 6.42 Å². The minimum atomic E-state index is -0.707. The zero-order valence-corrected chi connectivity index (χ0v) is 9.74. The van der Waals surface area contributed by atoms with Gasteiger partial charge >= 0.3 is 5.97 Å². The van der Waals surface area contributed by atoms with Crippen LogP contribution in [0.5, 0.6) is 0 Å². The van der Waals surface area contributed by atoms with Gasteiger partial charge in [-0.2, -0.15) is 0 Å². The maximum absolute atomic E-state index is 10.3. The van der Waals surface area contributed by atoms with E-state index in [1.165, 1.54) is 5.57 Å². The zero-order chi connectivity index (χ0) is 11.8. The maximum atomic E-state index is 10.3. The Kier molecular flexibility index (Phi) is 5.61. The molecule has 0 aromatic carbocycles. The van der Waals surface area contributed by atoms with Crippen LogP contribution < -0.4 is 0 Å². The molecule has 0 saturated carbocycles. The highest BCUT2D eigenvalue weighted by Gasteiger charge is 2.13. The Bertz CT molecular complexity index is 295. The molecule has 0 fully saturated rings. The molecule has 0 aromatic heterocycles. The maximum Gasteiger partial charge on any atom is 0.303 e. The molecule has 0 aliphatic heterocycles. The summed E-state index contributed by atoms with van der Waals surface area (Å²) in [5.41, 5.74) is 2.33. The van der Waals surface area contributed by atoms with Gasteiger partial charge < -0.3 is 9.94 Å². The second kappa shape index (κ2) is 7.04. The molecule has 0 unspecified atom stereocenters. The molecule has 0 atom stereocenters. The van der Waals surface area contributed by atoms with Crippen LogP contribution in [0.25, 0.3) is 0 Å². The lowest BCUT2D eigenvalue weighted by atomic mass is 10.0. The highest BCUT2D eigenvalue weighted by molar-refractivity contribution is 6.01. The Morgan fingerprint density at radius 2 is 2.31 bits per heavy atom. The first-order valence-corrected chi connectivity index (χ1v) is 5.75. The van der Waals surface area contributed by atoms with E-state index in [0.29, 0.717) is 0 Å². The van der Waals surface area contributed by atoms with Crippen molar-refractivity contribution >= 4 is 11.7 Å². The van der Waals surface area contributed by atoms with Crippen molar-refractivity contribution in [1.29, 1.82) is 0 Å². The summed E-state index contributed by atoms with van der Waals surface area (Å²) in [5.74, 6) is -0.707. The molecule has 90 valence electrons. The van der Waals surface area contributed by atoms with Crippen LogP contribution in [-0.2, 0) is 9.63 Å². The van der Waals surface area contributed by atoms with Gasteiger partial charge in [0.25, 0.3) is 0 Å². The van der Waals surface area contributed by atoms with Crippen molar-refractivity contribution in [1.82, 2.24) is 0 Å². The van der Waals surface area contributed by atoms with Crippen LogP contribution in [-0.4, -0.2) is 23.9 Å². The first-order valence-electron chi connectivity index (χ1n) is 5.75. The molecular weight excluding hydrogens is 206 g/mol. The average Bonchev–Trinajstić information content (AvgIpc) is 2.65. The molecule has 1 rings (SSSR count). The van der Waals surface area contributed by atoms with Gasteiger partial charge in [-0.15, -0.1) is 0 Å². The lowest BCUT2D eigenvalue weighted by Crippen LogP contribution is -1.98. The van der Waals surface area contributed by atoms with Gasteiger partial charge in [-0.1, -0.05) is 17.7 Å². The lowest BCUT2D eigenvalue weighted by Gasteiger charge is -2.03. The number of unbranched alkanes of at least 4 members (excludes halogenated alkanes) is 2. The Balaban J connectivity index is 2.17. The van der Waals surface area contributed by atoms with Gasteiger partial charge in [-0.3, -0.25) is 4.79 Å². The second-order valence-corrected chi connectivity index (χ2v) is 3.94. The van der Waals surface area contributed by atoms with E-state index in [1.807, 2.05) is 0 Å². The molecule has 0 saturated heterocycles. The summed E-state index contributed by atoms with van der Waals surface area (Å²) in [4.78, 5) is 15.1. The first kappa shape index (κ1) is 12.7. The Morgan fingerprint density at radius 1 is 1.50 bits per heavy atom. The zero-order valence-electron chi connectivity index (χ0n) is 9.74. The van der Waals surface area contributed by atoms with E-state index >= 15 is 0 Å². The quantitative estimate of drug-likeness (QED) is 0.535. The number of carbonyl (C=O) groups is 1. The van der Waals surface area contributed by atoms with Gasteiger partial charge in [0.1, 0.15) is 7.11 Å². The van der Waals surface area contributed by atoms with Crippen molar-refractivity contribution in [2.24, 2.45) is 5.16 Å². The molecule has 0 bridgehead atoms. The minimum absolute atomic E-state index is 0.276. The number of nitrogens with zero attached hydrogens (tertiary/aromatic N) is 1. The molecule has 0 spiro atoms. The van der Waals surface area contributed by atoms with Gasteiger partial charge in [-0.25, -0.2) is 0 Å². The third-order valence-corrected chi connectivity index (χ3v) is 2.68.